The summed E-state index contributed by atoms with van der Waals surface area (Å²) in [6.45, 7) is 2.78. The molecule has 0 bridgehead atoms. The van der Waals surface area contributed by atoms with Gasteiger partial charge in [0.15, 0.2) is 0 Å². The van der Waals surface area contributed by atoms with E-state index in [2.05, 4.69) is 20.4 Å². The topological polar surface area (TPSA) is 80.3 Å². The predicted octanol–water partition coefficient (Wildman–Crippen LogP) is 3.19. The number of pyridine rings is 1. The zero-order valence-electron chi connectivity index (χ0n) is 12.6. The Morgan fingerprint density at radius 2 is 1.86 bits per heavy atom. The van der Waals surface area contributed by atoms with Crippen LogP contribution < -0.4 is 10.6 Å². The summed E-state index contributed by atoms with van der Waals surface area (Å²) >= 11 is 0. The van der Waals surface area contributed by atoms with Crippen LogP contribution in [-0.4, -0.2) is 31.0 Å². The Balaban J connectivity index is 0.000000541. The van der Waals surface area contributed by atoms with E-state index in [0.29, 0.717) is 17.1 Å². The van der Waals surface area contributed by atoms with Gasteiger partial charge in [-0.2, -0.15) is 0 Å². The number of nitrogens with one attached hydrogen (secondary N) is 2. The minimum atomic E-state index is -0.382. The second-order valence-electron chi connectivity index (χ2n) is 4.11. The average Bonchev–Trinajstić information content (AvgIpc) is 2.56. The molecule has 1 aromatic carbocycles. The molecule has 2 N–H and O–H groups in total. The summed E-state index contributed by atoms with van der Waals surface area (Å²) in [5, 5.41) is 5.22. The van der Waals surface area contributed by atoms with E-state index in [9.17, 15) is 9.59 Å². The number of aldehydes is 1. The lowest BCUT2D eigenvalue weighted by molar-refractivity contribution is 0.112. The van der Waals surface area contributed by atoms with Crippen molar-refractivity contribution in [2.75, 3.05) is 24.4 Å². The fourth-order valence-electron chi connectivity index (χ4n) is 1.36. The van der Waals surface area contributed by atoms with Crippen molar-refractivity contribution in [2.45, 2.75) is 6.92 Å². The van der Waals surface area contributed by atoms with Crippen molar-refractivity contribution in [3.8, 4) is 0 Å². The maximum Gasteiger partial charge on any atom is 0.324 e. The van der Waals surface area contributed by atoms with Crippen LogP contribution in [0.2, 0.25) is 0 Å². The molecule has 6 nitrogen and oxygen atoms in total. The van der Waals surface area contributed by atoms with Gasteiger partial charge in [-0.3, -0.25) is 10.1 Å². The van der Waals surface area contributed by atoms with Crippen molar-refractivity contribution < 1.29 is 14.3 Å². The molecule has 0 fully saturated rings. The van der Waals surface area contributed by atoms with Gasteiger partial charge in [-0.1, -0.05) is 6.07 Å². The van der Waals surface area contributed by atoms with Crippen LogP contribution in [0.4, 0.5) is 16.3 Å². The highest BCUT2D eigenvalue weighted by molar-refractivity contribution is 5.99. The van der Waals surface area contributed by atoms with Crippen LogP contribution >= 0.6 is 0 Å². The molecular formula is C16H19N3O3. The predicted molar refractivity (Wildman–Crippen MR) is 86.3 cm³/mol. The standard InChI is InChI=1S/C13H11N3O2.C3H8O/c17-9-10-4-6-11(7-5-10)15-13(18)16-12-3-1-2-8-14-12;1-3-4-2/h1-9H,(H2,14,15,16,18);3H2,1-2H3. The van der Waals surface area contributed by atoms with Crippen molar-refractivity contribution in [2.24, 2.45) is 0 Å². The molecule has 1 aromatic heterocycles. The van der Waals surface area contributed by atoms with Gasteiger partial charge in [0.25, 0.3) is 0 Å². The first kappa shape index (κ1) is 17.3. The van der Waals surface area contributed by atoms with Crippen LogP contribution in [0, 0.1) is 0 Å². The monoisotopic (exact) mass is 301 g/mol. The number of anilines is 2. The number of hydrogen-bond acceptors (Lipinski definition) is 4. The largest absolute Gasteiger partial charge is 0.385 e. The molecule has 1 heterocycles. The van der Waals surface area contributed by atoms with Gasteiger partial charge in [0, 0.05) is 31.2 Å². The quantitative estimate of drug-likeness (QED) is 0.850. The van der Waals surface area contributed by atoms with Crippen molar-refractivity contribution in [3.63, 3.8) is 0 Å². The van der Waals surface area contributed by atoms with Crippen LogP contribution in [0.1, 0.15) is 17.3 Å². The molecule has 0 atom stereocenters. The fourth-order valence-corrected chi connectivity index (χ4v) is 1.36. The Morgan fingerprint density at radius 1 is 1.18 bits per heavy atom. The van der Waals surface area contributed by atoms with E-state index in [4.69, 9.17) is 0 Å². The highest BCUT2D eigenvalue weighted by Gasteiger charge is 2.02. The molecule has 0 unspecified atom stereocenters. The van der Waals surface area contributed by atoms with Gasteiger partial charge in [0.05, 0.1) is 0 Å². The SMILES string of the molecule is CCOC.O=Cc1ccc(NC(=O)Nc2ccccn2)cc1. The maximum absolute atomic E-state index is 11.6. The van der Waals surface area contributed by atoms with Crippen LogP contribution in [0.25, 0.3) is 0 Å². The number of hydrogen-bond donors (Lipinski definition) is 2. The first-order valence-electron chi connectivity index (χ1n) is 6.72. The highest BCUT2D eigenvalue weighted by atomic mass is 16.5. The van der Waals surface area contributed by atoms with Gasteiger partial charge in [-0.05, 0) is 43.3 Å². The number of aromatic nitrogens is 1. The summed E-state index contributed by atoms with van der Waals surface area (Å²) in [7, 11) is 1.68. The van der Waals surface area contributed by atoms with Gasteiger partial charge in [0.1, 0.15) is 12.1 Å². The van der Waals surface area contributed by atoms with E-state index in [1.807, 2.05) is 6.92 Å². The van der Waals surface area contributed by atoms with E-state index in [1.54, 1.807) is 55.8 Å². The lowest BCUT2D eigenvalue weighted by atomic mass is 10.2. The molecule has 0 saturated heterocycles. The van der Waals surface area contributed by atoms with Crippen LogP contribution in [-0.2, 0) is 4.74 Å². The summed E-state index contributed by atoms with van der Waals surface area (Å²) in [5.41, 5.74) is 1.17. The van der Waals surface area contributed by atoms with E-state index in [1.165, 1.54) is 0 Å². The summed E-state index contributed by atoms with van der Waals surface area (Å²) in [4.78, 5) is 26.0. The van der Waals surface area contributed by atoms with Gasteiger partial charge < -0.3 is 10.1 Å². The Kier molecular flexibility index (Phi) is 7.92. The van der Waals surface area contributed by atoms with Gasteiger partial charge in [-0.15, -0.1) is 0 Å². The molecule has 0 aliphatic rings. The van der Waals surface area contributed by atoms with Crippen LogP contribution in [0.3, 0.4) is 0 Å². The molecule has 0 spiro atoms. The highest BCUT2D eigenvalue weighted by Crippen LogP contribution is 2.09. The van der Waals surface area contributed by atoms with E-state index in [0.717, 1.165) is 12.9 Å². The van der Waals surface area contributed by atoms with Gasteiger partial charge >= 0.3 is 6.03 Å². The lowest BCUT2D eigenvalue weighted by Crippen LogP contribution is -2.19. The van der Waals surface area contributed by atoms with Gasteiger partial charge in [-0.25, -0.2) is 9.78 Å². The third-order valence-corrected chi connectivity index (χ3v) is 2.50. The summed E-state index contributed by atoms with van der Waals surface area (Å²) < 4.78 is 4.54. The summed E-state index contributed by atoms with van der Waals surface area (Å²) in [5.74, 6) is 0.472. The number of carbonyl (C=O) groups excluding carboxylic acids is 2. The zero-order valence-corrected chi connectivity index (χ0v) is 12.6. The van der Waals surface area contributed by atoms with Crippen LogP contribution in [0.5, 0.6) is 0 Å². The van der Waals surface area contributed by atoms with Crippen molar-refractivity contribution in [3.05, 3.63) is 54.2 Å². The Hall–Kier alpha value is -2.73. The maximum atomic E-state index is 11.6. The van der Waals surface area contributed by atoms with Gasteiger partial charge in [0.2, 0.25) is 0 Å². The minimum absolute atomic E-state index is 0.382. The average molecular weight is 301 g/mol. The molecule has 2 amide bonds. The number of benzene rings is 1. The molecule has 0 aliphatic heterocycles. The minimum Gasteiger partial charge on any atom is -0.385 e. The van der Waals surface area contributed by atoms with Crippen molar-refractivity contribution in [1.82, 2.24) is 4.98 Å². The summed E-state index contributed by atoms with van der Waals surface area (Å²) in [6, 6.07) is 11.4. The molecule has 6 heteroatoms. The zero-order chi connectivity index (χ0) is 16.2. The third-order valence-electron chi connectivity index (χ3n) is 2.50. The lowest BCUT2D eigenvalue weighted by Gasteiger charge is -2.06. The number of nitrogens with zero attached hydrogens (tertiary/aromatic N) is 1. The second kappa shape index (κ2) is 10.1. The molecule has 2 rings (SSSR count). The Labute approximate surface area is 129 Å². The smallest absolute Gasteiger partial charge is 0.324 e. The molecule has 0 radical (unpaired) electrons. The normalized spacial score (nSPS) is 9.18. The first-order chi connectivity index (χ1) is 10.7. The van der Waals surface area contributed by atoms with E-state index >= 15 is 0 Å². The number of methoxy groups -OCH3 is 1. The molecular weight excluding hydrogens is 282 g/mol. The van der Waals surface area contributed by atoms with Crippen LogP contribution in [0.15, 0.2) is 48.7 Å². The Bertz CT molecular complexity index is 569. The molecule has 0 aliphatic carbocycles. The van der Waals surface area contributed by atoms with Crippen molar-refractivity contribution >= 4 is 23.8 Å². The van der Waals surface area contributed by atoms with E-state index < -0.39 is 0 Å². The second-order valence-corrected chi connectivity index (χ2v) is 4.11. The third kappa shape index (κ3) is 6.62. The summed E-state index contributed by atoms with van der Waals surface area (Å²) in [6.07, 6.45) is 2.34. The molecule has 2 aromatic rings. The number of urea groups is 1. The number of ether oxygens (including phenoxy) is 1. The van der Waals surface area contributed by atoms with Crippen molar-refractivity contribution in [1.29, 1.82) is 0 Å². The van der Waals surface area contributed by atoms with E-state index in [-0.39, 0.29) is 6.03 Å². The fraction of sp³-hybridized carbons (Fsp3) is 0.188. The number of rotatable bonds is 4. The molecule has 0 saturated carbocycles. The Morgan fingerprint density at radius 3 is 2.36 bits per heavy atom. The molecule has 116 valence electrons. The number of amides is 2. The number of carbonyl (C=O) groups is 2. The molecule has 22 heavy (non-hydrogen) atoms. The first-order valence-corrected chi connectivity index (χ1v) is 6.72.